The van der Waals surface area contributed by atoms with Crippen LogP contribution >= 0.6 is 0 Å². The number of carbonyl (C=O) groups is 2. The number of carbonyl (C=O) groups excluding carboxylic acids is 2. The van der Waals surface area contributed by atoms with Gasteiger partial charge in [-0.25, -0.2) is 4.68 Å². The number of fused-ring (bicyclic) bond motifs is 1. The lowest BCUT2D eigenvalue weighted by atomic mass is 10.00. The largest absolute Gasteiger partial charge is 0.320 e. The lowest BCUT2D eigenvalue weighted by Crippen LogP contribution is -2.19. The van der Waals surface area contributed by atoms with Crippen LogP contribution in [-0.4, -0.2) is 36.2 Å². The molecule has 5 rings (SSSR count). The first kappa shape index (κ1) is 24.8. The van der Waals surface area contributed by atoms with E-state index in [-0.39, 0.29) is 17.7 Å². The second-order valence-corrected chi connectivity index (χ2v) is 9.46. The van der Waals surface area contributed by atoms with Gasteiger partial charge in [-0.2, -0.15) is 10.2 Å². The number of amides is 1. The van der Waals surface area contributed by atoms with Gasteiger partial charge in [-0.05, 0) is 69.7 Å². The van der Waals surface area contributed by atoms with E-state index in [1.54, 1.807) is 46.0 Å². The SMILES string of the molecule is Cc1cc(C(=O)Nc2cc(C(=O)c3ccc4cnn(C=Cc5ccccn5)c4c3)ccc2C)n(C(C)C)n1. The number of aryl methyl sites for hydroxylation is 2. The predicted octanol–water partition coefficient (Wildman–Crippen LogP) is 5.94. The number of ketones is 1. The summed E-state index contributed by atoms with van der Waals surface area (Å²) in [5, 5.41) is 12.7. The minimum atomic E-state index is -0.267. The first-order chi connectivity index (χ1) is 18.3. The van der Waals surface area contributed by atoms with Crippen molar-refractivity contribution in [1.29, 1.82) is 0 Å². The molecule has 0 unspecified atom stereocenters. The van der Waals surface area contributed by atoms with E-state index in [1.165, 1.54) is 0 Å². The van der Waals surface area contributed by atoms with Crippen LogP contribution in [0.3, 0.4) is 0 Å². The van der Waals surface area contributed by atoms with E-state index in [1.807, 2.05) is 76.4 Å². The van der Waals surface area contributed by atoms with Gasteiger partial charge in [0.25, 0.3) is 5.91 Å². The van der Waals surface area contributed by atoms with Gasteiger partial charge in [0.05, 0.1) is 23.1 Å². The van der Waals surface area contributed by atoms with Gasteiger partial charge < -0.3 is 5.32 Å². The van der Waals surface area contributed by atoms with Gasteiger partial charge in [0.2, 0.25) is 0 Å². The van der Waals surface area contributed by atoms with Crippen molar-refractivity contribution >= 4 is 40.6 Å². The summed E-state index contributed by atoms with van der Waals surface area (Å²) >= 11 is 0. The molecule has 190 valence electrons. The van der Waals surface area contributed by atoms with Gasteiger partial charge in [0, 0.05) is 40.6 Å². The summed E-state index contributed by atoms with van der Waals surface area (Å²) in [5.74, 6) is -0.413. The van der Waals surface area contributed by atoms with Gasteiger partial charge >= 0.3 is 0 Å². The Kier molecular flexibility index (Phi) is 6.70. The van der Waals surface area contributed by atoms with Crippen molar-refractivity contribution in [3.63, 3.8) is 0 Å². The Morgan fingerprint density at radius 3 is 2.53 bits per heavy atom. The molecule has 0 aliphatic heterocycles. The van der Waals surface area contributed by atoms with Gasteiger partial charge in [-0.3, -0.25) is 19.3 Å². The van der Waals surface area contributed by atoms with Crippen molar-refractivity contribution < 1.29 is 9.59 Å². The van der Waals surface area contributed by atoms with Gasteiger partial charge in [-0.1, -0.05) is 30.3 Å². The third kappa shape index (κ3) is 5.01. The summed E-state index contributed by atoms with van der Waals surface area (Å²) in [6, 6.07) is 18.3. The zero-order valence-electron chi connectivity index (χ0n) is 21.7. The minimum absolute atomic E-state index is 0.0422. The second-order valence-electron chi connectivity index (χ2n) is 9.46. The maximum atomic E-state index is 13.5. The molecule has 1 amide bonds. The molecule has 1 N–H and O–H groups in total. The van der Waals surface area contributed by atoms with E-state index in [2.05, 4.69) is 20.5 Å². The van der Waals surface area contributed by atoms with E-state index < -0.39 is 0 Å². The normalized spacial score (nSPS) is 11.5. The van der Waals surface area contributed by atoms with Crippen LogP contribution in [0.2, 0.25) is 0 Å². The van der Waals surface area contributed by atoms with Crippen LogP contribution in [0.25, 0.3) is 23.2 Å². The summed E-state index contributed by atoms with van der Waals surface area (Å²) in [6.45, 7) is 7.71. The van der Waals surface area contributed by atoms with E-state index in [9.17, 15) is 9.59 Å². The summed E-state index contributed by atoms with van der Waals surface area (Å²) in [5.41, 5.74) is 5.31. The molecular weight excluding hydrogens is 476 g/mol. The molecule has 0 atom stereocenters. The highest BCUT2D eigenvalue weighted by atomic mass is 16.2. The highest BCUT2D eigenvalue weighted by molar-refractivity contribution is 6.12. The molecule has 8 nitrogen and oxygen atoms in total. The van der Waals surface area contributed by atoms with E-state index in [0.29, 0.717) is 22.5 Å². The molecule has 8 heteroatoms. The number of nitrogens with zero attached hydrogens (tertiary/aromatic N) is 5. The summed E-state index contributed by atoms with van der Waals surface area (Å²) < 4.78 is 3.43. The van der Waals surface area contributed by atoms with Crippen LogP contribution in [0.4, 0.5) is 5.69 Å². The molecule has 38 heavy (non-hydrogen) atoms. The summed E-state index contributed by atoms with van der Waals surface area (Å²) in [6.07, 6.45) is 7.18. The molecule has 0 aliphatic carbocycles. The maximum absolute atomic E-state index is 13.5. The molecule has 0 saturated heterocycles. The Balaban J connectivity index is 1.42. The standard InChI is InChI=1S/C30H28N6O2/c1-19(2)36-28(15-21(4)34-36)30(38)33-26-16-22(9-8-20(26)3)29(37)23-10-11-24-18-32-35(27(24)17-23)14-12-25-7-5-6-13-31-25/h5-19H,1-4H3,(H,33,38). The number of hydrogen-bond acceptors (Lipinski definition) is 5. The second kappa shape index (κ2) is 10.3. The molecule has 3 aromatic heterocycles. The van der Waals surface area contributed by atoms with Gasteiger partial charge in [0.15, 0.2) is 5.78 Å². The molecule has 0 saturated carbocycles. The van der Waals surface area contributed by atoms with Crippen molar-refractivity contribution in [2.24, 2.45) is 0 Å². The molecule has 2 aromatic carbocycles. The molecule has 0 radical (unpaired) electrons. The van der Waals surface area contributed by atoms with Crippen molar-refractivity contribution in [2.45, 2.75) is 33.7 Å². The van der Waals surface area contributed by atoms with Crippen molar-refractivity contribution in [2.75, 3.05) is 5.32 Å². The topological polar surface area (TPSA) is 94.7 Å². The first-order valence-electron chi connectivity index (χ1n) is 12.4. The Morgan fingerprint density at radius 1 is 0.974 bits per heavy atom. The Morgan fingerprint density at radius 2 is 1.76 bits per heavy atom. The lowest BCUT2D eigenvalue weighted by Gasteiger charge is -2.13. The molecule has 0 bridgehead atoms. The molecule has 5 aromatic rings. The number of rotatable bonds is 7. The van der Waals surface area contributed by atoms with Crippen LogP contribution < -0.4 is 5.32 Å². The quantitative estimate of drug-likeness (QED) is 0.277. The number of anilines is 1. The van der Waals surface area contributed by atoms with Crippen LogP contribution in [0.1, 0.15) is 63.3 Å². The fourth-order valence-electron chi connectivity index (χ4n) is 4.25. The molecule has 0 aliphatic rings. The minimum Gasteiger partial charge on any atom is -0.320 e. The van der Waals surface area contributed by atoms with E-state index in [0.717, 1.165) is 27.9 Å². The predicted molar refractivity (Wildman–Crippen MR) is 149 cm³/mol. The van der Waals surface area contributed by atoms with Crippen molar-refractivity contribution in [3.05, 3.63) is 107 Å². The fraction of sp³-hybridized carbons (Fsp3) is 0.167. The monoisotopic (exact) mass is 504 g/mol. The lowest BCUT2D eigenvalue weighted by molar-refractivity contribution is 0.101. The van der Waals surface area contributed by atoms with Gasteiger partial charge in [-0.15, -0.1) is 0 Å². The van der Waals surface area contributed by atoms with E-state index >= 15 is 0 Å². The zero-order chi connectivity index (χ0) is 26.8. The first-order valence-corrected chi connectivity index (χ1v) is 12.4. The molecular formula is C30H28N6O2. The average Bonchev–Trinajstić information content (AvgIpc) is 3.52. The molecule has 0 fully saturated rings. The zero-order valence-corrected chi connectivity index (χ0v) is 21.7. The number of nitrogens with one attached hydrogen (secondary N) is 1. The number of pyridine rings is 1. The third-order valence-electron chi connectivity index (χ3n) is 6.26. The molecule has 3 heterocycles. The highest BCUT2D eigenvalue weighted by Crippen LogP contribution is 2.23. The van der Waals surface area contributed by atoms with Gasteiger partial charge in [0.1, 0.15) is 5.69 Å². The Hall–Kier alpha value is -4.85. The van der Waals surface area contributed by atoms with Crippen LogP contribution in [0.15, 0.2) is 73.1 Å². The maximum Gasteiger partial charge on any atom is 0.273 e. The Bertz CT molecular complexity index is 1680. The summed E-state index contributed by atoms with van der Waals surface area (Å²) in [4.78, 5) is 30.9. The van der Waals surface area contributed by atoms with Crippen LogP contribution in [0.5, 0.6) is 0 Å². The fourth-order valence-corrected chi connectivity index (χ4v) is 4.25. The van der Waals surface area contributed by atoms with E-state index in [4.69, 9.17) is 0 Å². The van der Waals surface area contributed by atoms with Crippen LogP contribution in [-0.2, 0) is 0 Å². The Labute approximate surface area is 220 Å². The highest BCUT2D eigenvalue weighted by Gasteiger charge is 2.18. The summed E-state index contributed by atoms with van der Waals surface area (Å²) in [7, 11) is 0. The number of aromatic nitrogens is 5. The van der Waals surface area contributed by atoms with Crippen molar-refractivity contribution in [3.8, 4) is 0 Å². The van der Waals surface area contributed by atoms with Crippen LogP contribution in [0, 0.1) is 13.8 Å². The molecule has 0 spiro atoms. The van der Waals surface area contributed by atoms with Crippen molar-refractivity contribution in [1.82, 2.24) is 24.5 Å². The third-order valence-corrected chi connectivity index (χ3v) is 6.26. The number of benzene rings is 2. The number of hydrogen-bond donors (Lipinski definition) is 1. The smallest absolute Gasteiger partial charge is 0.273 e. The average molecular weight is 505 g/mol.